The maximum Gasteiger partial charge on any atom is 0.231 e. The predicted octanol–water partition coefficient (Wildman–Crippen LogP) is 4.78. The van der Waals surface area contributed by atoms with Crippen molar-refractivity contribution in [3.05, 3.63) is 50.8 Å². The highest BCUT2D eigenvalue weighted by Crippen LogP contribution is 2.34. The summed E-state index contributed by atoms with van der Waals surface area (Å²) in [5.74, 6) is 1.40. The van der Waals surface area contributed by atoms with Crippen molar-refractivity contribution in [1.29, 1.82) is 0 Å². The Morgan fingerprint density at radius 1 is 1.27 bits per heavy atom. The van der Waals surface area contributed by atoms with Crippen molar-refractivity contribution in [2.24, 2.45) is 0 Å². The Hall–Kier alpha value is -1.90. The lowest BCUT2D eigenvalue weighted by molar-refractivity contribution is -0.121. The molecule has 5 nitrogen and oxygen atoms in total. The predicted molar refractivity (Wildman–Crippen MR) is 106 cm³/mol. The Morgan fingerprint density at radius 2 is 2.12 bits per heavy atom. The molecule has 1 aromatic carbocycles. The van der Waals surface area contributed by atoms with Gasteiger partial charge in [-0.05, 0) is 46.6 Å². The van der Waals surface area contributed by atoms with E-state index in [-0.39, 0.29) is 25.2 Å². The van der Waals surface area contributed by atoms with Crippen LogP contribution < -0.4 is 14.8 Å². The van der Waals surface area contributed by atoms with Gasteiger partial charge in [0, 0.05) is 15.2 Å². The normalized spacial score (nSPS) is 13.6. The highest BCUT2D eigenvalue weighted by Gasteiger charge is 2.17. The third kappa shape index (κ3) is 3.77. The molecule has 4 rings (SSSR count). The van der Waals surface area contributed by atoms with E-state index in [1.54, 1.807) is 22.7 Å². The van der Waals surface area contributed by atoms with Gasteiger partial charge < -0.3 is 14.8 Å². The fourth-order valence-electron chi connectivity index (χ4n) is 2.65. The summed E-state index contributed by atoms with van der Waals surface area (Å²) in [7, 11) is 0. The number of carbonyl (C=O) groups is 1. The van der Waals surface area contributed by atoms with E-state index >= 15 is 0 Å². The molecule has 2 aromatic heterocycles. The van der Waals surface area contributed by atoms with Gasteiger partial charge >= 0.3 is 0 Å². The van der Waals surface area contributed by atoms with Gasteiger partial charge in [0.25, 0.3) is 0 Å². The molecule has 3 heterocycles. The molecular weight excluding hydrogens is 436 g/mol. The van der Waals surface area contributed by atoms with Gasteiger partial charge in [-0.3, -0.25) is 4.79 Å². The summed E-state index contributed by atoms with van der Waals surface area (Å²) < 4.78 is 11.8. The molecule has 1 N–H and O–H groups in total. The summed E-state index contributed by atoms with van der Waals surface area (Å²) in [6.07, 6.45) is 0.262. The standard InChI is InChI=1S/C18H15BrN2O3S2/c1-10(11-2-3-14-15(4-11)24-9-23-14)20-17(22)6-13-8-26-18(21-13)16-5-12(19)7-25-16/h2-5,7-8,10H,6,9H2,1H3,(H,20,22). The Morgan fingerprint density at radius 3 is 2.92 bits per heavy atom. The van der Waals surface area contributed by atoms with Crippen molar-refractivity contribution in [3.63, 3.8) is 0 Å². The zero-order chi connectivity index (χ0) is 18.1. The van der Waals surface area contributed by atoms with Crippen molar-refractivity contribution < 1.29 is 14.3 Å². The van der Waals surface area contributed by atoms with Gasteiger partial charge in [0.05, 0.1) is 23.0 Å². The van der Waals surface area contributed by atoms with E-state index in [1.807, 2.05) is 41.9 Å². The molecule has 0 fully saturated rings. The van der Waals surface area contributed by atoms with Gasteiger partial charge in [0.15, 0.2) is 11.5 Å². The van der Waals surface area contributed by atoms with Crippen LogP contribution in [0, 0.1) is 0 Å². The highest BCUT2D eigenvalue weighted by molar-refractivity contribution is 9.10. The summed E-state index contributed by atoms with van der Waals surface area (Å²) in [6, 6.07) is 7.63. The number of nitrogens with one attached hydrogen (secondary N) is 1. The lowest BCUT2D eigenvalue weighted by atomic mass is 10.1. The van der Waals surface area contributed by atoms with Crippen LogP contribution in [0.5, 0.6) is 11.5 Å². The van der Waals surface area contributed by atoms with Crippen molar-refractivity contribution in [2.75, 3.05) is 6.79 Å². The van der Waals surface area contributed by atoms with Crippen LogP contribution in [0.3, 0.4) is 0 Å². The minimum atomic E-state index is -0.122. The smallest absolute Gasteiger partial charge is 0.231 e. The van der Waals surface area contributed by atoms with Gasteiger partial charge in [0.2, 0.25) is 12.7 Å². The SMILES string of the molecule is CC(NC(=O)Cc1csc(-c2cc(Br)cs2)n1)c1ccc2c(c1)OCO2. The van der Waals surface area contributed by atoms with Crippen LogP contribution in [-0.2, 0) is 11.2 Å². The summed E-state index contributed by atoms with van der Waals surface area (Å²) in [6.45, 7) is 2.19. The lowest BCUT2D eigenvalue weighted by Crippen LogP contribution is -2.28. The van der Waals surface area contributed by atoms with Crippen LogP contribution in [0.1, 0.15) is 24.2 Å². The van der Waals surface area contributed by atoms with Crippen LogP contribution in [0.2, 0.25) is 0 Å². The van der Waals surface area contributed by atoms with Crippen molar-refractivity contribution >= 4 is 44.5 Å². The van der Waals surface area contributed by atoms with Gasteiger partial charge in [-0.15, -0.1) is 22.7 Å². The minimum absolute atomic E-state index is 0.0561. The molecule has 0 radical (unpaired) electrons. The molecule has 26 heavy (non-hydrogen) atoms. The molecule has 1 aliphatic heterocycles. The third-order valence-corrected chi connectivity index (χ3v) is 6.70. The largest absolute Gasteiger partial charge is 0.454 e. The number of hydrogen-bond donors (Lipinski definition) is 1. The fourth-order valence-corrected chi connectivity index (χ4v) is 4.98. The molecule has 1 unspecified atom stereocenters. The molecule has 0 spiro atoms. The molecule has 1 atom stereocenters. The van der Waals surface area contributed by atoms with Crippen molar-refractivity contribution in [2.45, 2.75) is 19.4 Å². The first kappa shape index (κ1) is 17.5. The van der Waals surface area contributed by atoms with Gasteiger partial charge in [-0.2, -0.15) is 0 Å². The van der Waals surface area contributed by atoms with Gasteiger partial charge in [-0.1, -0.05) is 6.07 Å². The molecule has 8 heteroatoms. The van der Waals surface area contributed by atoms with E-state index in [2.05, 4.69) is 26.2 Å². The summed E-state index contributed by atoms with van der Waals surface area (Å²) in [5.41, 5.74) is 1.76. The third-order valence-electron chi connectivity index (χ3n) is 3.95. The monoisotopic (exact) mass is 450 g/mol. The molecule has 0 bridgehead atoms. The average Bonchev–Trinajstić information content (AvgIpc) is 3.34. The number of hydrogen-bond acceptors (Lipinski definition) is 6. The number of halogens is 1. The Bertz CT molecular complexity index is 954. The first-order valence-corrected chi connectivity index (χ1v) is 10.5. The van der Waals surface area contributed by atoms with Crippen molar-refractivity contribution in [3.8, 4) is 21.4 Å². The fraction of sp³-hybridized carbons (Fsp3) is 0.222. The zero-order valence-electron chi connectivity index (χ0n) is 13.8. The van der Waals surface area contributed by atoms with Crippen LogP contribution >= 0.6 is 38.6 Å². The van der Waals surface area contributed by atoms with Crippen LogP contribution in [0.15, 0.2) is 39.5 Å². The number of aromatic nitrogens is 1. The van der Waals surface area contributed by atoms with E-state index in [1.165, 1.54) is 0 Å². The molecule has 1 aliphatic rings. The first-order valence-electron chi connectivity index (χ1n) is 7.96. The van der Waals surface area contributed by atoms with Crippen LogP contribution in [0.25, 0.3) is 9.88 Å². The Kier molecular flexibility index (Phi) is 4.97. The molecule has 134 valence electrons. The Labute approximate surface area is 167 Å². The highest BCUT2D eigenvalue weighted by atomic mass is 79.9. The Balaban J connectivity index is 1.38. The molecule has 0 saturated heterocycles. The second-order valence-corrected chi connectivity index (χ2v) is 8.54. The van der Waals surface area contributed by atoms with Gasteiger partial charge in [-0.25, -0.2) is 4.98 Å². The number of amides is 1. The van der Waals surface area contributed by atoms with Crippen molar-refractivity contribution in [1.82, 2.24) is 10.3 Å². The second-order valence-electron chi connectivity index (χ2n) is 5.85. The number of fused-ring (bicyclic) bond motifs is 1. The topological polar surface area (TPSA) is 60.5 Å². The number of benzene rings is 1. The number of carbonyl (C=O) groups excluding carboxylic acids is 1. The van der Waals surface area contributed by atoms with E-state index in [0.717, 1.165) is 37.1 Å². The maximum atomic E-state index is 12.4. The van der Waals surface area contributed by atoms with E-state index in [4.69, 9.17) is 9.47 Å². The molecule has 1 amide bonds. The number of nitrogens with zero attached hydrogens (tertiary/aromatic N) is 1. The van der Waals surface area contributed by atoms with Crippen LogP contribution in [-0.4, -0.2) is 17.7 Å². The van der Waals surface area contributed by atoms with E-state index in [0.29, 0.717) is 0 Å². The maximum absolute atomic E-state index is 12.4. The number of thiophene rings is 1. The van der Waals surface area contributed by atoms with Gasteiger partial charge in [0.1, 0.15) is 5.01 Å². The second kappa shape index (κ2) is 7.38. The lowest BCUT2D eigenvalue weighted by Gasteiger charge is -2.14. The van der Waals surface area contributed by atoms with E-state index < -0.39 is 0 Å². The number of ether oxygens (including phenoxy) is 2. The molecule has 0 saturated carbocycles. The number of thiazole rings is 1. The van der Waals surface area contributed by atoms with Crippen LogP contribution in [0.4, 0.5) is 0 Å². The zero-order valence-corrected chi connectivity index (χ0v) is 17.0. The minimum Gasteiger partial charge on any atom is -0.454 e. The quantitative estimate of drug-likeness (QED) is 0.607. The number of rotatable bonds is 5. The summed E-state index contributed by atoms with van der Waals surface area (Å²) >= 11 is 6.64. The molecule has 3 aromatic rings. The average molecular weight is 451 g/mol. The summed E-state index contributed by atoms with van der Waals surface area (Å²) in [5, 5.41) is 7.91. The van der Waals surface area contributed by atoms with E-state index in [9.17, 15) is 4.79 Å². The summed E-state index contributed by atoms with van der Waals surface area (Å²) in [4.78, 5) is 18.0. The molecule has 0 aliphatic carbocycles. The molecular formula is C18H15BrN2O3S2. The first-order chi connectivity index (χ1) is 12.6.